The summed E-state index contributed by atoms with van der Waals surface area (Å²) in [7, 11) is -0.0696. The minimum Gasteiger partial charge on any atom is -0.0801 e. The van der Waals surface area contributed by atoms with Crippen molar-refractivity contribution < 1.29 is 0 Å². The molecule has 1 aliphatic rings. The van der Waals surface area contributed by atoms with Crippen LogP contribution in [0.2, 0.25) is 0 Å². The fourth-order valence-electron chi connectivity index (χ4n) is 2.39. The molecule has 0 nitrogen and oxygen atoms in total. The molecule has 0 spiro atoms. The van der Waals surface area contributed by atoms with E-state index in [9.17, 15) is 0 Å². The quantitative estimate of drug-likeness (QED) is 0.539. The molecule has 1 heteroatoms. The largest absolute Gasteiger partial charge is 0.0801 e. The van der Waals surface area contributed by atoms with Crippen LogP contribution in [0.5, 0.6) is 0 Å². The van der Waals surface area contributed by atoms with Crippen molar-refractivity contribution in [2.45, 2.75) is 58.3 Å². The second kappa shape index (κ2) is 3.81. The Bertz CT molecular complexity index is 244. The van der Waals surface area contributed by atoms with Crippen LogP contribution in [0, 0.1) is 0 Å². The first-order valence-electron chi connectivity index (χ1n) is 5.40. The highest BCUT2D eigenvalue weighted by atomic mass is 31.1. The second-order valence-electron chi connectivity index (χ2n) is 5.94. The van der Waals surface area contributed by atoms with E-state index in [1.54, 1.807) is 5.31 Å². The van der Waals surface area contributed by atoms with Crippen molar-refractivity contribution in [3.05, 3.63) is 23.5 Å². The molecule has 0 aromatic carbocycles. The molecular weight excluding hydrogens is 187 g/mol. The topological polar surface area (TPSA) is 0 Å². The lowest BCUT2D eigenvalue weighted by molar-refractivity contribution is 0.712. The molecule has 0 unspecified atom stereocenters. The van der Waals surface area contributed by atoms with E-state index in [1.807, 2.05) is 0 Å². The Morgan fingerprint density at radius 1 is 1.00 bits per heavy atom. The zero-order chi connectivity index (χ0) is 11.0. The number of allylic oxidation sites excluding steroid dienone is 4. The van der Waals surface area contributed by atoms with Crippen LogP contribution in [-0.2, 0) is 0 Å². The average Bonchev–Trinajstić information content (AvgIpc) is 2.31. The van der Waals surface area contributed by atoms with E-state index in [2.05, 4.69) is 59.8 Å². The van der Waals surface area contributed by atoms with E-state index in [0.717, 1.165) is 6.42 Å². The summed E-state index contributed by atoms with van der Waals surface area (Å²) in [5.74, 6) is 0. The molecule has 0 amide bonds. The van der Waals surface area contributed by atoms with Crippen LogP contribution in [0.15, 0.2) is 23.5 Å². The van der Waals surface area contributed by atoms with Crippen molar-refractivity contribution in [3.63, 3.8) is 0 Å². The van der Waals surface area contributed by atoms with Gasteiger partial charge in [0.15, 0.2) is 0 Å². The molecule has 0 radical (unpaired) electrons. The third kappa shape index (κ3) is 2.70. The van der Waals surface area contributed by atoms with Gasteiger partial charge in [-0.2, -0.15) is 0 Å². The van der Waals surface area contributed by atoms with Crippen molar-refractivity contribution in [1.82, 2.24) is 0 Å². The van der Waals surface area contributed by atoms with Gasteiger partial charge < -0.3 is 0 Å². The lowest BCUT2D eigenvalue weighted by Crippen LogP contribution is -2.25. The van der Waals surface area contributed by atoms with E-state index in [0.29, 0.717) is 10.3 Å². The van der Waals surface area contributed by atoms with Crippen LogP contribution < -0.4 is 0 Å². The Morgan fingerprint density at radius 3 is 1.79 bits per heavy atom. The van der Waals surface area contributed by atoms with E-state index in [1.165, 1.54) is 0 Å². The highest BCUT2D eigenvalue weighted by molar-refractivity contribution is 7.65. The molecule has 14 heavy (non-hydrogen) atoms. The Labute approximate surface area is 90.2 Å². The molecule has 1 rings (SSSR count). The van der Waals surface area contributed by atoms with E-state index < -0.39 is 0 Å². The van der Waals surface area contributed by atoms with Crippen molar-refractivity contribution >= 4 is 7.92 Å². The molecular formula is C13H23P. The number of hydrogen-bond acceptors (Lipinski definition) is 0. The van der Waals surface area contributed by atoms with Crippen LogP contribution >= 0.6 is 7.92 Å². The molecule has 0 heterocycles. The van der Waals surface area contributed by atoms with Gasteiger partial charge in [-0.15, -0.1) is 0 Å². The second-order valence-corrected chi connectivity index (χ2v) is 9.81. The molecule has 0 aromatic heterocycles. The molecule has 0 N–H and O–H groups in total. The fraction of sp³-hybridized carbons (Fsp3) is 0.692. The maximum atomic E-state index is 2.40. The Hall–Kier alpha value is -0.0900. The third-order valence-electron chi connectivity index (χ3n) is 2.35. The van der Waals surface area contributed by atoms with Gasteiger partial charge in [-0.1, -0.05) is 67.7 Å². The maximum Gasteiger partial charge on any atom is -0.0135 e. The van der Waals surface area contributed by atoms with Gasteiger partial charge in [0.25, 0.3) is 0 Å². The van der Waals surface area contributed by atoms with Crippen LogP contribution in [0.3, 0.4) is 0 Å². The van der Waals surface area contributed by atoms with Gasteiger partial charge >= 0.3 is 0 Å². The summed E-state index contributed by atoms with van der Waals surface area (Å²) in [5.41, 5.74) is 0. The highest BCUT2D eigenvalue weighted by Crippen LogP contribution is 2.65. The van der Waals surface area contributed by atoms with Gasteiger partial charge in [0.1, 0.15) is 0 Å². The minimum absolute atomic E-state index is 0.0696. The Balaban J connectivity index is 3.00. The summed E-state index contributed by atoms with van der Waals surface area (Å²) in [6, 6.07) is 0. The van der Waals surface area contributed by atoms with Gasteiger partial charge in [0.2, 0.25) is 0 Å². The molecule has 0 saturated heterocycles. The SMILES string of the molecule is CC(C)(C)P(C1=CCC=C1)C(C)(C)C. The first-order valence-corrected chi connectivity index (χ1v) is 6.74. The predicted octanol–water partition coefficient (Wildman–Crippen LogP) is 4.91. The van der Waals surface area contributed by atoms with E-state index in [4.69, 9.17) is 0 Å². The van der Waals surface area contributed by atoms with E-state index >= 15 is 0 Å². The molecule has 0 bridgehead atoms. The highest BCUT2D eigenvalue weighted by Gasteiger charge is 2.36. The lowest BCUT2D eigenvalue weighted by Gasteiger charge is -2.42. The van der Waals surface area contributed by atoms with Crippen LogP contribution in [0.25, 0.3) is 0 Å². The standard InChI is InChI=1S/C13H23P/c1-12(2,3)14(13(4,5)6)11-9-7-8-10-11/h7,9-10H,8H2,1-6H3. The summed E-state index contributed by atoms with van der Waals surface area (Å²) in [6.45, 7) is 14.2. The number of rotatable bonds is 1. The summed E-state index contributed by atoms with van der Waals surface area (Å²) in [6.07, 6.45) is 8.16. The first-order chi connectivity index (χ1) is 6.23. The monoisotopic (exact) mass is 210 g/mol. The Kier molecular flexibility index (Phi) is 3.26. The van der Waals surface area contributed by atoms with Gasteiger partial charge in [-0.05, 0) is 22.0 Å². The van der Waals surface area contributed by atoms with Gasteiger partial charge in [0.05, 0.1) is 0 Å². The lowest BCUT2D eigenvalue weighted by atomic mass is 10.2. The summed E-state index contributed by atoms with van der Waals surface area (Å²) in [5, 5.41) is 2.42. The Morgan fingerprint density at radius 2 is 1.50 bits per heavy atom. The average molecular weight is 210 g/mol. The first kappa shape index (κ1) is 12.0. The molecule has 0 aromatic rings. The van der Waals surface area contributed by atoms with Crippen LogP contribution in [0.4, 0.5) is 0 Å². The molecule has 0 saturated carbocycles. The summed E-state index contributed by atoms with van der Waals surface area (Å²) < 4.78 is 0. The summed E-state index contributed by atoms with van der Waals surface area (Å²) in [4.78, 5) is 0. The van der Waals surface area contributed by atoms with Crippen LogP contribution in [-0.4, -0.2) is 10.3 Å². The third-order valence-corrected chi connectivity index (χ3v) is 5.88. The molecule has 1 aliphatic carbocycles. The van der Waals surface area contributed by atoms with Crippen molar-refractivity contribution in [2.75, 3.05) is 0 Å². The van der Waals surface area contributed by atoms with Crippen LogP contribution in [0.1, 0.15) is 48.0 Å². The zero-order valence-corrected chi connectivity index (χ0v) is 11.3. The molecule has 0 fully saturated rings. The van der Waals surface area contributed by atoms with Crippen molar-refractivity contribution in [1.29, 1.82) is 0 Å². The zero-order valence-electron chi connectivity index (χ0n) is 10.4. The predicted molar refractivity (Wildman–Crippen MR) is 68.3 cm³/mol. The molecule has 80 valence electrons. The maximum absolute atomic E-state index is 2.40. The van der Waals surface area contributed by atoms with Crippen molar-refractivity contribution in [3.8, 4) is 0 Å². The van der Waals surface area contributed by atoms with E-state index in [-0.39, 0.29) is 7.92 Å². The smallest absolute Gasteiger partial charge is 0.0135 e. The molecule has 0 atom stereocenters. The summed E-state index contributed by atoms with van der Waals surface area (Å²) >= 11 is 0. The normalized spacial score (nSPS) is 17.8. The minimum atomic E-state index is -0.0696. The van der Waals surface area contributed by atoms with Crippen molar-refractivity contribution in [2.24, 2.45) is 0 Å². The van der Waals surface area contributed by atoms with Gasteiger partial charge in [0, 0.05) is 0 Å². The molecule has 0 aliphatic heterocycles. The van der Waals surface area contributed by atoms with Gasteiger partial charge in [-0.3, -0.25) is 0 Å². The number of hydrogen-bond donors (Lipinski definition) is 0. The van der Waals surface area contributed by atoms with Gasteiger partial charge in [-0.25, -0.2) is 0 Å². The fourth-order valence-corrected chi connectivity index (χ4v) is 6.50.